The molecule has 0 unspecified atom stereocenters. The molecule has 30 N–H and O–H groups in total. The van der Waals surface area contributed by atoms with Crippen LogP contribution in [0.3, 0.4) is 0 Å². The Labute approximate surface area is 847 Å². The zero-order valence-electron chi connectivity index (χ0n) is 82.3. The zero-order chi connectivity index (χ0) is 109. The van der Waals surface area contributed by atoms with Crippen LogP contribution in [0.4, 0.5) is 0 Å². The van der Waals surface area contributed by atoms with Crippen LogP contribution in [-0.2, 0) is 125 Å². The molecule has 0 aromatic heterocycles. The molecule has 832 valence electrons. The average Bonchev–Trinajstić information content (AvgIpc) is 1.27. The molecular weight excluding hydrogens is 1980 g/mol. The Hall–Kier alpha value is -12.3. The number of rotatable bonds is 44. The SMILES string of the molecule is CC(=O)N[C@H]1[C@@H](O/N=C/C(=O)NCCCC[C@@H]2NC(=O)CNC(=O)[C@@H]3CCCN3C(=O)[C@H](CCCCNC(=O)/C=N/O[C@H]3O[C@H](CO)[C@H](O)[C@H](O)[C@H]3NC(C)=O)NC(=O)[C@H](CCCCN)NC(=O)[C@H](CCCCNC(=O)/C=N/O[C@H]3O[C@H](CO)[C@H](O)[C@H](O)[C@H]3NC(C)=O)NC(=O)CNC(=O)[C@@H]3CCCN3C(=O)[C@H](CCCCNC(=O)/C=N/O[C@H]3O[C@H](CO)[C@H](O)[C@H](O)[C@H]3NC(C)=O)NC(=O)[C@H](C)NC2=O)O[C@H](CO)[C@H](O)[C@@H]1O. The predicted octanol–water partition coefficient (Wildman–Crippen LogP) is -15.8. The molecule has 0 saturated carbocycles. The quantitative estimate of drug-likeness (QED) is 0.0153. The zero-order valence-corrected chi connectivity index (χ0v) is 82.3. The van der Waals surface area contributed by atoms with Crippen LogP contribution in [0, 0.1) is 0 Å². The van der Waals surface area contributed by atoms with E-state index in [4.69, 9.17) is 44.0 Å². The third-order valence-electron chi connectivity index (χ3n) is 24.6. The average molecular weight is 2120 g/mol. The molecular formula is C87H141N23O38. The Morgan fingerprint density at radius 3 is 0.892 bits per heavy atom. The highest BCUT2D eigenvalue weighted by Gasteiger charge is 2.52. The highest BCUT2D eigenvalue weighted by atomic mass is 16.8. The third-order valence-corrected chi connectivity index (χ3v) is 24.6. The monoisotopic (exact) mass is 2120 g/mol. The van der Waals surface area contributed by atoms with Crippen molar-refractivity contribution in [2.45, 2.75) is 328 Å². The van der Waals surface area contributed by atoms with Gasteiger partial charge in [-0.1, -0.05) is 20.6 Å². The molecule has 0 aliphatic carbocycles. The van der Waals surface area contributed by atoms with E-state index in [2.05, 4.69) is 106 Å². The van der Waals surface area contributed by atoms with Crippen molar-refractivity contribution < 1.29 is 186 Å². The molecule has 7 fully saturated rings. The molecule has 0 aromatic rings. The molecule has 7 aliphatic rings. The van der Waals surface area contributed by atoms with E-state index in [1.807, 2.05) is 0 Å². The Kier molecular flexibility index (Phi) is 52.0. The minimum Gasteiger partial charge on any atom is -0.394 e. The molecule has 28 atom stereocenters. The molecule has 148 heavy (non-hydrogen) atoms. The Morgan fingerprint density at radius 2 is 0.615 bits per heavy atom. The van der Waals surface area contributed by atoms with Gasteiger partial charge in [0.2, 0.25) is 108 Å². The first-order valence-electron chi connectivity index (χ1n) is 48.7. The second-order valence-electron chi connectivity index (χ2n) is 36.0. The van der Waals surface area contributed by atoms with Gasteiger partial charge in [-0.25, -0.2) is 0 Å². The van der Waals surface area contributed by atoms with Crippen molar-refractivity contribution in [3.63, 3.8) is 0 Å². The number of fused-ring (bicyclic) bond motifs is 2. The topological polar surface area (TPSA) is 898 Å². The number of hydrogen-bond donors (Lipinski definition) is 29. The van der Waals surface area contributed by atoms with Gasteiger partial charge in [-0.05, 0) is 135 Å². The van der Waals surface area contributed by atoms with E-state index in [1.165, 1.54) is 6.92 Å². The lowest BCUT2D eigenvalue weighted by atomic mass is 9.97. The second kappa shape index (κ2) is 62.8. The van der Waals surface area contributed by atoms with Crippen molar-refractivity contribution in [3.8, 4) is 0 Å². The molecule has 18 amide bonds. The van der Waals surface area contributed by atoms with Crippen LogP contribution in [0.2, 0.25) is 0 Å². The van der Waals surface area contributed by atoms with Crippen molar-refractivity contribution in [2.24, 2.45) is 26.4 Å². The summed E-state index contributed by atoms with van der Waals surface area (Å²) in [5, 5.41) is 178. The number of aliphatic hydroxyl groups excluding tert-OH is 12. The number of nitrogens with two attached hydrogens (primary N) is 1. The van der Waals surface area contributed by atoms with Crippen molar-refractivity contribution in [1.29, 1.82) is 0 Å². The Bertz CT molecular complexity index is 4550. The Balaban J connectivity index is 1.16. The van der Waals surface area contributed by atoms with Crippen molar-refractivity contribution in [2.75, 3.05) is 85.3 Å². The molecule has 0 radical (unpaired) electrons. The van der Waals surface area contributed by atoms with Crippen LogP contribution in [0.1, 0.15) is 157 Å². The van der Waals surface area contributed by atoms with Crippen LogP contribution < -0.4 is 90.8 Å². The number of carbonyl (C=O) groups is 18. The molecule has 7 rings (SSSR count). The van der Waals surface area contributed by atoms with Crippen LogP contribution in [0.15, 0.2) is 20.6 Å². The maximum Gasteiger partial charge on any atom is 0.265 e. The van der Waals surface area contributed by atoms with Crippen molar-refractivity contribution >= 4 is 131 Å². The largest absolute Gasteiger partial charge is 0.394 e. The van der Waals surface area contributed by atoms with Gasteiger partial charge in [0.05, 0.1) is 39.5 Å². The van der Waals surface area contributed by atoms with Crippen LogP contribution in [0.5, 0.6) is 0 Å². The lowest BCUT2D eigenvalue weighted by Gasteiger charge is -2.40. The lowest BCUT2D eigenvalue weighted by molar-refractivity contribution is -0.270. The fourth-order valence-corrected chi connectivity index (χ4v) is 16.8. The van der Waals surface area contributed by atoms with Crippen LogP contribution >= 0.6 is 0 Å². The van der Waals surface area contributed by atoms with Gasteiger partial charge in [0, 0.05) is 67.0 Å². The van der Waals surface area contributed by atoms with Gasteiger partial charge >= 0.3 is 0 Å². The van der Waals surface area contributed by atoms with E-state index in [0.717, 1.165) is 37.5 Å². The van der Waals surface area contributed by atoms with Gasteiger partial charge in [-0.2, -0.15) is 0 Å². The molecule has 0 spiro atoms. The number of amides is 18. The smallest absolute Gasteiger partial charge is 0.265 e. The van der Waals surface area contributed by atoms with E-state index in [1.54, 1.807) is 0 Å². The number of ether oxygens (including phenoxy) is 4. The van der Waals surface area contributed by atoms with Gasteiger partial charge in [0.1, 0.15) is 171 Å². The molecule has 61 heteroatoms. The summed E-state index contributed by atoms with van der Waals surface area (Å²) in [6.45, 7) is -0.0692. The summed E-state index contributed by atoms with van der Waals surface area (Å²) in [5.74, 6) is -15.8. The minimum absolute atomic E-state index is 0.00439. The third kappa shape index (κ3) is 38.7. The van der Waals surface area contributed by atoms with E-state index in [9.17, 15) is 133 Å². The van der Waals surface area contributed by atoms with E-state index >= 15 is 14.4 Å². The van der Waals surface area contributed by atoms with Gasteiger partial charge in [-0.3, -0.25) is 86.3 Å². The molecule has 7 heterocycles. The van der Waals surface area contributed by atoms with E-state index in [0.29, 0.717) is 24.9 Å². The van der Waals surface area contributed by atoms with Gasteiger partial charge < -0.3 is 200 Å². The number of aliphatic hydroxyl groups is 12. The van der Waals surface area contributed by atoms with Crippen molar-refractivity contribution in [3.05, 3.63) is 0 Å². The fourth-order valence-electron chi connectivity index (χ4n) is 16.8. The number of nitrogens with one attached hydrogen (secondary N) is 16. The molecule has 7 aliphatic heterocycles. The van der Waals surface area contributed by atoms with Crippen LogP contribution in [0.25, 0.3) is 0 Å². The second-order valence-corrected chi connectivity index (χ2v) is 36.0. The molecule has 0 bridgehead atoms. The summed E-state index contributed by atoms with van der Waals surface area (Å²) in [6.07, 6.45) is -23.3. The first-order valence-corrected chi connectivity index (χ1v) is 48.7. The highest BCUT2D eigenvalue weighted by molar-refractivity contribution is 6.27. The summed E-state index contributed by atoms with van der Waals surface area (Å²) in [5.41, 5.74) is 5.92. The number of carbonyl (C=O) groups excluding carboxylic acids is 18. The fraction of sp³-hybridized carbons (Fsp3) is 0.747. The normalized spacial score (nSPS) is 31.2. The minimum atomic E-state index is -1.72. The summed E-state index contributed by atoms with van der Waals surface area (Å²) >= 11 is 0. The summed E-state index contributed by atoms with van der Waals surface area (Å²) in [6, 6.07) is -17.8. The summed E-state index contributed by atoms with van der Waals surface area (Å²) in [7, 11) is 0. The van der Waals surface area contributed by atoms with Gasteiger partial charge in [0.15, 0.2) is 0 Å². The van der Waals surface area contributed by atoms with E-state index in [-0.39, 0.29) is 168 Å². The number of hydrogen-bond acceptors (Lipinski definition) is 43. The first kappa shape index (κ1) is 123. The maximum absolute atomic E-state index is 15.3. The number of oxime groups is 4. The number of unbranched alkanes of at least 4 members (excludes halogenated alkanes) is 5. The maximum atomic E-state index is 15.3. The lowest BCUT2D eigenvalue weighted by Crippen LogP contribution is -2.64. The highest BCUT2D eigenvalue weighted by Crippen LogP contribution is 2.29. The molecule has 7 saturated heterocycles. The standard InChI is InChI=1S/C87H141N23O38/c1-42-76(133)107-50(21-9-14-28-91-60(121)36-97-147-86-66(102-45(4)117)74(131)70(127)56(40-113)143-86)82(139)109-30-16-23-52(109)80(137)94-33-63(124)105-48(20-8-13-27-90-59(120)35-96-146-85-65(101-44(3)116)73(130)69(126)55(39-112)142-85)78(135)106-49(18-6-11-25-88)79(136)108-51(22-10-15-29-92-61(122)37-98-148-87-67(103-46(5)118)75(132)71(128)57(41-114)144-87)83(140)110-31-17-24-53(110)81(138)93-32-62(123)104-47(77(134)99-42)19-7-12-26-89-58(119)34-95-145-84-64(100-43(2)115)72(129)68(125)54(38-111)141-84/h34-37,42,47-57,64-75,84-87,111-114,125-132H,6-33,38-41,88H2,1-5H3,(H,89,119)(H,90,120)(H,91,121)(H,92,122)(H,93,138)(H,94,137)(H,99,134)(H,100,115)(H,101,116)(H,102,117)(H,103,118)(H,104,123)(H,105,124)(H,106,135)(H,107,133)(H,108,136)/b95-34+,96-35+,97-36+,98-37+/t42-,47-,48-,49-,50-,51-,52-,53-,54+,55+,56+,57+,64+,65+,66+,67+,68-,69-,70-,71-,72+,73+,74+,75+,84+,85+,86+,87+/m0/s1. The van der Waals surface area contributed by atoms with Gasteiger partial charge in [-0.15, -0.1) is 0 Å². The van der Waals surface area contributed by atoms with Crippen molar-refractivity contribution in [1.82, 2.24) is 94.9 Å². The van der Waals surface area contributed by atoms with E-state index < -0.39 is 317 Å². The predicted molar refractivity (Wildman–Crippen MR) is 503 cm³/mol. The molecule has 61 nitrogen and oxygen atoms in total. The molecule has 0 aromatic carbocycles. The first-order chi connectivity index (χ1) is 70.5. The van der Waals surface area contributed by atoms with Crippen LogP contribution in [-0.4, -0.2) is 459 Å². The van der Waals surface area contributed by atoms with Gasteiger partial charge in [0.25, 0.3) is 23.6 Å². The summed E-state index contributed by atoms with van der Waals surface area (Å²) < 4.78 is 21.8. The summed E-state index contributed by atoms with van der Waals surface area (Å²) in [4.78, 5) is 271. The Morgan fingerprint density at radius 1 is 0.358 bits per heavy atom. The number of nitrogens with zero attached hydrogens (tertiary/aromatic N) is 6.